The molecule has 0 amide bonds. The van der Waals surface area contributed by atoms with Crippen molar-refractivity contribution in [3.05, 3.63) is 11.2 Å². The number of methoxy groups -OCH3 is 1. The Morgan fingerprint density at radius 2 is 2.21 bits per heavy atom. The molecule has 132 valence electrons. The maximum absolute atomic E-state index is 5.36. The van der Waals surface area contributed by atoms with Gasteiger partial charge in [0.15, 0.2) is 5.82 Å². The largest absolute Gasteiger partial charge is 0.384 e. The smallest absolute Gasteiger partial charge is 0.227 e. The van der Waals surface area contributed by atoms with Gasteiger partial charge in [0.05, 0.1) is 22.7 Å². The predicted octanol–water partition coefficient (Wildman–Crippen LogP) is 3.23. The third-order valence-electron chi connectivity index (χ3n) is 4.43. The zero-order valence-electron chi connectivity index (χ0n) is 15.0. The summed E-state index contributed by atoms with van der Waals surface area (Å²) in [5.74, 6) is 3.05. The summed E-state index contributed by atoms with van der Waals surface area (Å²) >= 11 is 1.64. The van der Waals surface area contributed by atoms with Gasteiger partial charge in [-0.05, 0) is 31.6 Å². The SMILES string of the molecule is COCC1CCCN(c2nnc(-c3scnc3C)n2CC(C)C)C1. The summed E-state index contributed by atoms with van der Waals surface area (Å²) in [6.45, 7) is 10.3. The molecule has 1 aliphatic rings. The summed E-state index contributed by atoms with van der Waals surface area (Å²) in [5.41, 5.74) is 2.91. The number of aromatic nitrogens is 4. The molecule has 3 rings (SSSR count). The van der Waals surface area contributed by atoms with Crippen molar-refractivity contribution in [2.75, 3.05) is 31.7 Å². The lowest BCUT2D eigenvalue weighted by Crippen LogP contribution is -2.38. The van der Waals surface area contributed by atoms with Crippen LogP contribution >= 0.6 is 11.3 Å². The number of piperidine rings is 1. The summed E-state index contributed by atoms with van der Waals surface area (Å²) in [4.78, 5) is 7.88. The van der Waals surface area contributed by atoms with Gasteiger partial charge in [0.2, 0.25) is 5.95 Å². The molecule has 24 heavy (non-hydrogen) atoms. The molecule has 6 nitrogen and oxygen atoms in total. The second kappa shape index (κ2) is 7.61. The van der Waals surface area contributed by atoms with Gasteiger partial charge >= 0.3 is 0 Å². The molecule has 1 unspecified atom stereocenters. The maximum atomic E-state index is 5.36. The van der Waals surface area contributed by atoms with Crippen molar-refractivity contribution in [1.82, 2.24) is 19.7 Å². The van der Waals surface area contributed by atoms with E-state index in [2.05, 4.69) is 38.5 Å². The van der Waals surface area contributed by atoms with E-state index >= 15 is 0 Å². The summed E-state index contributed by atoms with van der Waals surface area (Å²) < 4.78 is 7.64. The number of ether oxygens (including phenoxy) is 1. The van der Waals surface area contributed by atoms with E-state index in [4.69, 9.17) is 4.74 Å². The monoisotopic (exact) mass is 349 g/mol. The molecule has 3 heterocycles. The van der Waals surface area contributed by atoms with Gasteiger partial charge in [-0.1, -0.05) is 13.8 Å². The number of hydrogen-bond acceptors (Lipinski definition) is 6. The van der Waals surface area contributed by atoms with E-state index in [0.717, 1.165) is 48.6 Å². The van der Waals surface area contributed by atoms with Crippen LogP contribution in [0.2, 0.25) is 0 Å². The first-order valence-electron chi connectivity index (χ1n) is 8.67. The fourth-order valence-corrected chi connectivity index (χ4v) is 4.16. The van der Waals surface area contributed by atoms with Gasteiger partial charge in [-0.3, -0.25) is 4.57 Å². The highest BCUT2D eigenvalue weighted by Crippen LogP contribution is 2.31. The fourth-order valence-electron chi connectivity index (χ4n) is 3.36. The molecule has 0 saturated carbocycles. The topological polar surface area (TPSA) is 56.1 Å². The Morgan fingerprint density at radius 1 is 1.38 bits per heavy atom. The number of nitrogens with zero attached hydrogens (tertiary/aromatic N) is 5. The van der Waals surface area contributed by atoms with E-state index in [9.17, 15) is 0 Å². The van der Waals surface area contributed by atoms with Crippen molar-refractivity contribution in [2.45, 2.75) is 40.2 Å². The van der Waals surface area contributed by atoms with Crippen LogP contribution in [0.4, 0.5) is 5.95 Å². The molecule has 0 aliphatic carbocycles. The van der Waals surface area contributed by atoms with Crippen LogP contribution in [0.25, 0.3) is 10.7 Å². The Balaban J connectivity index is 1.93. The van der Waals surface area contributed by atoms with Gasteiger partial charge in [-0.2, -0.15) is 0 Å². The number of aryl methyl sites for hydroxylation is 1. The second-order valence-corrected chi connectivity index (χ2v) is 7.86. The lowest BCUT2D eigenvalue weighted by atomic mass is 9.99. The highest BCUT2D eigenvalue weighted by Gasteiger charge is 2.26. The van der Waals surface area contributed by atoms with Crippen molar-refractivity contribution in [3.8, 4) is 10.7 Å². The van der Waals surface area contributed by atoms with Crippen molar-refractivity contribution < 1.29 is 4.74 Å². The van der Waals surface area contributed by atoms with Crippen LogP contribution in [0.15, 0.2) is 5.51 Å². The normalized spacial score (nSPS) is 18.5. The average Bonchev–Trinajstić information content (AvgIpc) is 3.13. The van der Waals surface area contributed by atoms with E-state index < -0.39 is 0 Å². The highest BCUT2D eigenvalue weighted by atomic mass is 32.1. The Kier molecular flexibility index (Phi) is 5.50. The summed E-state index contributed by atoms with van der Waals surface area (Å²) in [6, 6.07) is 0. The van der Waals surface area contributed by atoms with Gasteiger partial charge in [-0.25, -0.2) is 4.98 Å². The van der Waals surface area contributed by atoms with Gasteiger partial charge in [-0.15, -0.1) is 21.5 Å². The predicted molar refractivity (Wildman–Crippen MR) is 97.5 cm³/mol. The van der Waals surface area contributed by atoms with Crippen LogP contribution in [0, 0.1) is 18.8 Å². The molecule has 0 spiro atoms. The lowest BCUT2D eigenvalue weighted by molar-refractivity contribution is 0.142. The Hall–Kier alpha value is -1.47. The zero-order valence-corrected chi connectivity index (χ0v) is 15.8. The van der Waals surface area contributed by atoms with Crippen molar-refractivity contribution in [2.24, 2.45) is 11.8 Å². The molecule has 0 N–H and O–H groups in total. The molecule has 2 aromatic rings. The molecule has 2 aromatic heterocycles. The minimum Gasteiger partial charge on any atom is -0.384 e. The zero-order chi connectivity index (χ0) is 17.1. The van der Waals surface area contributed by atoms with Crippen LogP contribution in [-0.2, 0) is 11.3 Å². The maximum Gasteiger partial charge on any atom is 0.227 e. The van der Waals surface area contributed by atoms with Crippen LogP contribution in [0.5, 0.6) is 0 Å². The molecular formula is C17H27N5OS. The van der Waals surface area contributed by atoms with Gasteiger partial charge in [0, 0.05) is 26.7 Å². The molecule has 1 fully saturated rings. The van der Waals surface area contributed by atoms with Crippen LogP contribution in [0.3, 0.4) is 0 Å². The minimum atomic E-state index is 0.534. The van der Waals surface area contributed by atoms with Gasteiger partial charge in [0.25, 0.3) is 0 Å². The lowest BCUT2D eigenvalue weighted by Gasteiger charge is -2.33. The van der Waals surface area contributed by atoms with Crippen molar-refractivity contribution >= 4 is 17.3 Å². The van der Waals surface area contributed by atoms with E-state index in [1.807, 2.05) is 12.4 Å². The highest BCUT2D eigenvalue weighted by molar-refractivity contribution is 7.13. The third-order valence-corrected chi connectivity index (χ3v) is 5.36. The Bertz CT molecular complexity index is 664. The molecule has 0 aromatic carbocycles. The average molecular weight is 350 g/mol. The van der Waals surface area contributed by atoms with Crippen LogP contribution in [0.1, 0.15) is 32.4 Å². The summed E-state index contributed by atoms with van der Waals surface area (Å²) in [6.07, 6.45) is 2.40. The molecule has 7 heteroatoms. The summed E-state index contributed by atoms with van der Waals surface area (Å²) in [5, 5.41) is 9.09. The first-order valence-corrected chi connectivity index (χ1v) is 9.55. The summed E-state index contributed by atoms with van der Waals surface area (Å²) in [7, 11) is 1.78. The van der Waals surface area contributed by atoms with E-state index in [-0.39, 0.29) is 0 Å². The van der Waals surface area contributed by atoms with Crippen molar-refractivity contribution in [1.29, 1.82) is 0 Å². The second-order valence-electron chi connectivity index (χ2n) is 7.00. The minimum absolute atomic E-state index is 0.534. The van der Waals surface area contributed by atoms with Crippen LogP contribution in [-0.4, -0.2) is 46.6 Å². The Labute approximate surface area is 147 Å². The molecule has 1 atom stereocenters. The third kappa shape index (κ3) is 3.62. The number of thiazole rings is 1. The molecular weight excluding hydrogens is 322 g/mol. The van der Waals surface area contributed by atoms with Crippen molar-refractivity contribution in [3.63, 3.8) is 0 Å². The first-order chi connectivity index (χ1) is 11.6. The Morgan fingerprint density at radius 3 is 2.88 bits per heavy atom. The van der Waals surface area contributed by atoms with Gasteiger partial charge < -0.3 is 9.64 Å². The number of hydrogen-bond donors (Lipinski definition) is 0. The molecule has 1 saturated heterocycles. The molecule has 0 radical (unpaired) electrons. The van der Waals surface area contributed by atoms with E-state index in [0.29, 0.717) is 11.8 Å². The van der Waals surface area contributed by atoms with E-state index in [1.165, 1.54) is 12.8 Å². The van der Waals surface area contributed by atoms with Crippen LogP contribution < -0.4 is 4.90 Å². The fraction of sp³-hybridized carbons (Fsp3) is 0.706. The quantitative estimate of drug-likeness (QED) is 0.801. The standard InChI is InChI=1S/C17H27N5OS/c1-12(2)8-22-16(15-13(3)18-11-24-15)19-20-17(22)21-7-5-6-14(9-21)10-23-4/h11-12,14H,5-10H2,1-4H3. The first kappa shape index (κ1) is 17.4. The molecule has 1 aliphatic heterocycles. The number of rotatable bonds is 6. The molecule has 0 bridgehead atoms. The number of anilines is 1. The van der Waals surface area contributed by atoms with E-state index in [1.54, 1.807) is 18.4 Å². The van der Waals surface area contributed by atoms with Gasteiger partial charge in [0.1, 0.15) is 0 Å².